The zero-order valence-electron chi connectivity index (χ0n) is 19.1. The van der Waals surface area contributed by atoms with E-state index in [1.165, 1.54) is 12.2 Å². The highest BCUT2D eigenvalue weighted by Gasteiger charge is 2.41. The highest BCUT2D eigenvalue weighted by Crippen LogP contribution is 2.47. The third-order valence-corrected chi connectivity index (χ3v) is 5.96. The largest absolute Gasteiger partial charge is 0.458 e. The SMILES string of the molecule is C=CCOC(=O)C1=C(C)NC(C)=C(C(=O)OCC=C)C1c1cccc2c1-c1ccccc1C2=O. The van der Waals surface area contributed by atoms with Crippen LogP contribution in [0.25, 0.3) is 11.1 Å². The van der Waals surface area contributed by atoms with E-state index in [4.69, 9.17) is 9.47 Å². The van der Waals surface area contributed by atoms with Crippen LogP contribution < -0.4 is 5.32 Å². The molecule has 0 saturated carbocycles. The summed E-state index contributed by atoms with van der Waals surface area (Å²) in [4.78, 5) is 39.6. The number of nitrogens with one attached hydrogen (secondary N) is 1. The predicted molar refractivity (Wildman–Crippen MR) is 129 cm³/mol. The number of carbonyl (C=O) groups is 3. The summed E-state index contributed by atoms with van der Waals surface area (Å²) in [6, 6.07) is 12.7. The maximum Gasteiger partial charge on any atom is 0.337 e. The molecule has 172 valence electrons. The normalized spacial score (nSPS) is 14.8. The van der Waals surface area contributed by atoms with E-state index >= 15 is 0 Å². The van der Waals surface area contributed by atoms with E-state index in [-0.39, 0.29) is 30.1 Å². The Hall–Kier alpha value is -4.19. The molecule has 0 saturated heterocycles. The highest BCUT2D eigenvalue weighted by atomic mass is 16.5. The second-order valence-electron chi connectivity index (χ2n) is 8.05. The van der Waals surface area contributed by atoms with Gasteiger partial charge in [0.15, 0.2) is 5.78 Å². The molecule has 2 aromatic rings. The Morgan fingerprint density at radius 3 is 1.94 bits per heavy atom. The Labute approximate surface area is 198 Å². The van der Waals surface area contributed by atoms with Crippen LogP contribution in [0.5, 0.6) is 0 Å². The van der Waals surface area contributed by atoms with Crippen molar-refractivity contribution >= 4 is 17.7 Å². The Bertz CT molecular complexity index is 1250. The van der Waals surface area contributed by atoms with Gasteiger partial charge in [0.2, 0.25) is 0 Å². The summed E-state index contributed by atoms with van der Waals surface area (Å²) in [5, 5.41) is 3.13. The van der Waals surface area contributed by atoms with E-state index in [9.17, 15) is 14.4 Å². The molecule has 0 unspecified atom stereocenters. The van der Waals surface area contributed by atoms with Gasteiger partial charge in [0, 0.05) is 22.5 Å². The van der Waals surface area contributed by atoms with Gasteiger partial charge in [-0.2, -0.15) is 0 Å². The molecule has 0 bridgehead atoms. The first kappa shape index (κ1) is 23.0. The van der Waals surface area contributed by atoms with E-state index in [1.807, 2.05) is 24.3 Å². The number of dihydropyridines is 1. The summed E-state index contributed by atoms with van der Waals surface area (Å²) < 4.78 is 10.8. The van der Waals surface area contributed by atoms with Gasteiger partial charge in [-0.25, -0.2) is 9.59 Å². The fourth-order valence-electron chi connectivity index (χ4n) is 4.62. The number of rotatable bonds is 7. The van der Waals surface area contributed by atoms with E-state index in [0.717, 1.165) is 5.56 Å². The molecule has 6 heteroatoms. The fourth-order valence-corrected chi connectivity index (χ4v) is 4.62. The molecule has 0 aromatic heterocycles. The van der Waals surface area contributed by atoms with Gasteiger partial charge < -0.3 is 14.8 Å². The number of ketones is 1. The number of benzene rings is 2. The second kappa shape index (κ2) is 9.35. The van der Waals surface area contributed by atoms with Gasteiger partial charge in [-0.05, 0) is 30.5 Å². The van der Waals surface area contributed by atoms with Gasteiger partial charge in [-0.15, -0.1) is 0 Å². The number of allylic oxidation sites excluding steroid dienone is 2. The van der Waals surface area contributed by atoms with Crippen LogP contribution in [0.2, 0.25) is 0 Å². The van der Waals surface area contributed by atoms with Gasteiger partial charge in [-0.3, -0.25) is 4.79 Å². The predicted octanol–water partition coefficient (Wildman–Crippen LogP) is 4.59. The van der Waals surface area contributed by atoms with Crippen LogP contribution in [0.3, 0.4) is 0 Å². The summed E-state index contributed by atoms with van der Waals surface area (Å²) in [6.45, 7) is 10.8. The van der Waals surface area contributed by atoms with Gasteiger partial charge in [0.1, 0.15) is 13.2 Å². The molecule has 0 radical (unpaired) electrons. The highest BCUT2D eigenvalue weighted by molar-refractivity contribution is 6.22. The van der Waals surface area contributed by atoms with E-state index in [2.05, 4.69) is 18.5 Å². The van der Waals surface area contributed by atoms with Crippen molar-refractivity contribution < 1.29 is 23.9 Å². The summed E-state index contributed by atoms with van der Waals surface area (Å²) in [5.41, 5.74) is 4.94. The van der Waals surface area contributed by atoms with Crippen LogP contribution in [0.4, 0.5) is 0 Å². The number of ether oxygens (including phenoxy) is 2. The molecule has 0 atom stereocenters. The zero-order chi connectivity index (χ0) is 24.4. The summed E-state index contributed by atoms with van der Waals surface area (Å²) >= 11 is 0. The molecule has 1 aliphatic heterocycles. The standard InChI is InChI=1S/C28H25NO5/c1-5-14-33-27(31)22-16(3)29-17(4)23(28(32)34-15-6-2)25(22)20-12-9-13-21-24(20)18-10-7-8-11-19(18)26(21)30/h5-13,25,29H,1-2,14-15H2,3-4H3. The number of esters is 2. The molecule has 2 aromatic carbocycles. The van der Waals surface area contributed by atoms with Gasteiger partial charge >= 0.3 is 11.9 Å². The summed E-state index contributed by atoms with van der Waals surface area (Å²) in [5.74, 6) is -2.04. The van der Waals surface area contributed by atoms with Crippen LogP contribution >= 0.6 is 0 Å². The van der Waals surface area contributed by atoms with Crippen molar-refractivity contribution in [2.45, 2.75) is 19.8 Å². The minimum absolute atomic E-state index is 0.0233. The maximum absolute atomic E-state index is 13.2. The lowest BCUT2D eigenvalue weighted by molar-refractivity contribution is -0.138. The van der Waals surface area contributed by atoms with Crippen molar-refractivity contribution in [3.8, 4) is 11.1 Å². The summed E-state index contributed by atoms with van der Waals surface area (Å²) in [6.07, 6.45) is 2.96. The Balaban J connectivity index is 1.97. The first-order valence-electron chi connectivity index (χ1n) is 10.9. The van der Waals surface area contributed by atoms with Crippen molar-refractivity contribution in [1.82, 2.24) is 5.32 Å². The van der Waals surface area contributed by atoms with Gasteiger partial charge in [-0.1, -0.05) is 67.8 Å². The lowest BCUT2D eigenvalue weighted by atomic mass is 9.77. The molecule has 4 rings (SSSR count). The van der Waals surface area contributed by atoms with Crippen molar-refractivity contribution in [2.24, 2.45) is 0 Å². The van der Waals surface area contributed by atoms with Gasteiger partial charge in [0.25, 0.3) is 0 Å². The second-order valence-corrected chi connectivity index (χ2v) is 8.05. The number of hydrogen-bond donors (Lipinski definition) is 1. The fraction of sp³-hybridized carbons (Fsp3) is 0.179. The lowest BCUT2D eigenvalue weighted by Crippen LogP contribution is -2.33. The van der Waals surface area contributed by atoms with Crippen LogP contribution in [0.15, 0.2) is 90.3 Å². The maximum atomic E-state index is 13.2. The topological polar surface area (TPSA) is 81.7 Å². The third kappa shape index (κ3) is 3.77. The first-order chi connectivity index (χ1) is 16.4. The molecule has 2 aliphatic rings. The third-order valence-electron chi connectivity index (χ3n) is 5.96. The van der Waals surface area contributed by atoms with Crippen LogP contribution in [-0.4, -0.2) is 30.9 Å². The number of hydrogen-bond acceptors (Lipinski definition) is 6. The first-order valence-corrected chi connectivity index (χ1v) is 10.9. The number of carbonyl (C=O) groups excluding carboxylic acids is 3. The molecule has 0 amide bonds. The molecule has 0 fully saturated rings. The minimum atomic E-state index is -0.801. The van der Waals surface area contributed by atoms with E-state index < -0.39 is 17.9 Å². The van der Waals surface area contributed by atoms with E-state index in [1.54, 1.807) is 32.0 Å². The van der Waals surface area contributed by atoms with Crippen molar-refractivity contribution in [3.63, 3.8) is 0 Å². The molecule has 34 heavy (non-hydrogen) atoms. The Morgan fingerprint density at radius 2 is 1.38 bits per heavy atom. The van der Waals surface area contributed by atoms with Crippen LogP contribution in [0, 0.1) is 0 Å². The van der Waals surface area contributed by atoms with Crippen molar-refractivity contribution in [3.05, 3.63) is 107 Å². The van der Waals surface area contributed by atoms with E-state index in [0.29, 0.717) is 33.6 Å². The average molecular weight is 456 g/mol. The molecule has 0 spiro atoms. The van der Waals surface area contributed by atoms with Gasteiger partial charge in [0.05, 0.1) is 17.1 Å². The van der Waals surface area contributed by atoms with Crippen LogP contribution in [0.1, 0.15) is 41.3 Å². The molecule has 6 nitrogen and oxygen atoms in total. The average Bonchev–Trinajstić information content (AvgIpc) is 3.13. The molecule has 1 N–H and O–H groups in total. The molecular weight excluding hydrogens is 430 g/mol. The zero-order valence-corrected chi connectivity index (χ0v) is 19.1. The minimum Gasteiger partial charge on any atom is -0.458 e. The summed E-state index contributed by atoms with van der Waals surface area (Å²) in [7, 11) is 0. The molecule has 1 heterocycles. The number of fused-ring (bicyclic) bond motifs is 3. The lowest BCUT2D eigenvalue weighted by Gasteiger charge is -2.31. The smallest absolute Gasteiger partial charge is 0.337 e. The monoisotopic (exact) mass is 455 g/mol. The Morgan fingerprint density at radius 1 is 0.853 bits per heavy atom. The quantitative estimate of drug-likeness (QED) is 0.415. The van der Waals surface area contributed by atoms with Crippen molar-refractivity contribution in [1.29, 1.82) is 0 Å². The molecular formula is C28H25NO5. The van der Waals surface area contributed by atoms with Crippen molar-refractivity contribution in [2.75, 3.05) is 13.2 Å². The molecule has 1 aliphatic carbocycles. The van der Waals surface area contributed by atoms with Crippen LogP contribution in [-0.2, 0) is 19.1 Å². The Kier molecular flexibility index (Phi) is 6.32.